The molecule has 0 saturated heterocycles. The summed E-state index contributed by atoms with van der Waals surface area (Å²) in [6.07, 6.45) is 8.13. The van der Waals surface area contributed by atoms with E-state index < -0.39 is 11.8 Å². The normalized spacial score (nSPS) is 27.9. The molecule has 5 rings (SSSR count). The molecule has 0 aromatic carbocycles. The summed E-state index contributed by atoms with van der Waals surface area (Å²) < 4.78 is 27.5. The van der Waals surface area contributed by atoms with Crippen molar-refractivity contribution in [2.75, 3.05) is 0 Å². The fourth-order valence-corrected chi connectivity index (χ4v) is 6.03. The number of hydrogen-bond donors (Lipinski definition) is 2. The Morgan fingerprint density at radius 3 is 2.53 bits per heavy atom. The highest BCUT2D eigenvalue weighted by Gasteiger charge is 2.51. The molecule has 160 valence electrons. The van der Waals surface area contributed by atoms with Gasteiger partial charge >= 0.3 is 0 Å². The topological polar surface area (TPSA) is 88.8 Å². The molecule has 0 bridgehead atoms. The van der Waals surface area contributed by atoms with Crippen LogP contribution in [0.5, 0.6) is 0 Å². The maximum absolute atomic E-state index is 13.7. The molecule has 3 aliphatic carbocycles. The first-order valence-corrected chi connectivity index (χ1v) is 11.0. The molecule has 3 saturated carbocycles. The monoisotopic (exact) mass is 415 g/mol. The molecule has 2 heterocycles. The van der Waals surface area contributed by atoms with Crippen LogP contribution in [-0.4, -0.2) is 21.8 Å². The molecule has 0 aliphatic heterocycles. The molecule has 5 nitrogen and oxygen atoms in total. The minimum Gasteiger partial charge on any atom is -0.364 e. The number of hydrogen-bond acceptors (Lipinski definition) is 3. The van der Waals surface area contributed by atoms with E-state index >= 15 is 0 Å². The van der Waals surface area contributed by atoms with Gasteiger partial charge in [-0.2, -0.15) is 0 Å². The first-order chi connectivity index (χ1) is 14.3. The first-order valence-electron chi connectivity index (χ1n) is 11.0. The van der Waals surface area contributed by atoms with Crippen LogP contribution in [0.15, 0.2) is 23.1 Å². The number of aromatic nitrogens is 2. The average Bonchev–Trinajstić information content (AvgIpc) is 3.46. The van der Waals surface area contributed by atoms with Crippen LogP contribution in [0.25, 0.3) is 10.9 Å². The third kappa shape index (κ3) is 3.42. The van der Waals surface area contributed by atoms with Gasteiger partial charge in [0.15, 0.2) is 5.43 Å². The fraction of sp³-hybridized carbons (Fsp3) is 0.609. The van der Waals surface area contributed by atoms with E-state index in [1.807, 2.05) is 0 Å². The van der Waals surface area contributed by atoms with Crippen LogP contribution in [0.3, 0.4) is 0 Å². The van der Waals surface area contributed by atoms with E-state index in [4.69, 9.17) is 5.73 Å². The number of carbonyl (C=O) groups is 1. The third-order valence-corrected chi connectivity index (χ3v) is 7.90. The summed E-state index contributed by atoms with van der Waals surface area (Å²) in [4.78, 5) is 32.0. The summed E-state index contributed by atoms with van der Waals surface area (Å²) in [6, 6.07) is 3.28. The Morgan fingerprint density at radius 2 is 1.87 bits per heavy atom. The highest BCUT2D eigenvalue weighted by molar-refractivity contribution is 6.03. The number of primary amides is 1. The van der Waals surface area contributed by atoms with Gasteiger partial charge in [0.25, 0.3) is 5.91 Å². The summed E-state index contributed by atoms with van der Waals surface area (Å²) >= 11 is 0. The number of rotatable bonds is 3. The van der Waals surface area contributed by atoms with Crippen LogP contribution in [0.4, 0.5) is 8.78 Å². The minimum absolute atomic E-state index is 0.0198. The lowest BCUT2D eigenvalue weighted by Gasteiger charge is -2.43. The van der Waals surface area contributed by atoms with E-state index in [1.54, 1.807) is 12.1 Å². The molecule has 3 fully saturated rings. The molecule has 3 N–H and O–H groups in total. The van der Waals surface area contributed by atoms with Crippen LogP contribution >= 0.6 is 0 Å². The number of pyridine rings is 2. The number of nitrogens with two attached hydrogens (primary N) is 1. The average molecular weight is 415 g/mol. The van der Waals surface area contributed by atoms with E-state index in [9.17, 15) is 18.4 Å². The standard InChI is InChI=1S/C23H27F2N3O2/c24-23(25)6-1-13(2-7-23)14-3-5-22(8-9-22)12-15(14)17-11-18(29)19-16(28-17)4-10-27-20(19)21(26)30/h4,10-11,13-15H,1-3,5-9,12H2,(H2,26,30)(H,28,29). The molecule has 3 aliphatic rings. The van der Waals surface area contributed by atoms with Gasteiger partial charge in [-0.25, -0.2) is 8.78 Å². The first kappa shape index (κ1) is 19.6. The van der Waals surface area contributed by atoms with Gasteiger partial charge in [0, 0.05) is 36.7 Å². The van der Waals surface area contributed by atoms with Gasteiger partial charge in [0.2, 0.25) is 5.92 Å². The third-order valence-electron chi connectivity index (χ3n) is 7.90. The highest BCUT2D eigenvalue weighted by Crippen LogP contribution is 2.62. The molecule has 1 amide bonds. The maximum Gasteiger partial charge on any atom is 0.268 e. The van der Waals surface area contributed by atoms with Gasteiger partial charge in [0.1, 0.15) is 5.69 Å². The van der Waals surface area contributed by atoms with Crippen molar-refractivity contribution in [1.82, 2.24) is 9.97 Å². The number of fused-ring (bicyclic) bond motifs is 1. The number of carbonyl (C=O) groups excluding carboxylic acids is 1. The number of alkyl halides is 2. The Morgan fingerprint density at radius 1 is 1.13 bits per heavy atom. The second-order valence-electron chi connectivity index (χ2n) is 9.74. The number of H-pyrrole nitrogens is 1. The summed E-state index contributed by atoms with van der Waals surface area (Å²) in [5, 5.41) is 0.222. The molecule has 2 unspecified atom stereocenters. The van der Waals surface area contributed by atoms with Gasteiger partial charge in [0.05, 0.1) is 10.9 Å². The number of aromatic amines is 1. The second-order valence-corrected chi connectivity index (χ2v) is 9.74. The van der Waals surface area contributed by atoms with Gasteiger partial charge in [-0.05, 0) is 68.3 Å². The van der Waals surface area contributed by atoms with Crippen LogP contribution in [0.2, 0.25) is 0 Å². The largest absolute Gasteiger partial charge is 0.364 e. The molecule has 2 aromatic rings. The Labute approximate surface area is 173 Å². The van der Waals surface area contributed by atoms with Gasteiger partial charge in [-0.3, -0.25) is 14.6 Å². The second kappa shape index (κ2) is 6.86. The molecule has 7 heteroatoms. The molecule has 2 aromatic heterocycles. The zero-order valence-electron chi connectivity index (χ0n) is 16.9. The quantitative estimate of drug-likeness (QED) is 0.773. The molecular formula is C23H27F2N3O2. The summed E-state index contributed by atoms with van der Waals surface area (Å²) in [5.74, 6) is -2.54. The zero-order valence-corrected chi connectivity index (χ0v) is 16.9. The van der Waals surface area contributed by atoms with Gasteiger partial charge in [-0.1, -0.05) is 0 Å². The number of nitrogens with zero attached hydrogens (tertiary/aromatic N) is 1. The minimum atomic E-state index is -2.53. The predicted molar refractivity (Wildman–Crippen MR) is 110 cm³/mol. The Balaban J connectivity index is 1.53. The number of halogens is 2. The Bertz CT molecular complexity index is 1050. The lowest BCUT2D eigenvalue weighted by molar-refractivity contribution is -0.0572. The lowest BCUT2D eigenvalue weighted by Crippen LogP contribution is -2.35. The van der Waals surface area contributed by atoms with Gasteiger partial charge in [-0.15, -0.1) is 0 Å². The predicted octanol–water partition coefficient (Wildman–Crippen LogP) is 4.51. The highest BCUT2D eigenvalue weighted by atomic mass is 19.3. The molecule has 1 spiro atoms. The maximum atomic E-state index is 13.7. The van der Waals surface area contributed by atoms with E-state index in [0.717, 1.165) is 25.0 Å². The summed E-state index contributed by atoms with van der Waals surface area (Å²) in [5.41, 5.74) is 6.91. The fourth-order valence-electron chi connectivity index (χ4n) is 6.03. The smallest absolute Gasteiger partial charge is 0.268 e. The van der Waals surface area contributed by atoms with Crippen LogP contribution in [0.1, 0.15) is 79.9 Å². The van der Waals surface area contributed by atoms with Crippen molar-refractivity contribution >= 4 is 16.8 Å². The number of amides is 1. The van der Waals surface area contributed by atoms with Crippen molar-refractivity contribution in [2.45, 2.75) is 69.6 Å². The van der Waals surface area contributed by atoms with Crippen LogP contribution in [-0.2, 0) is 0 Å². The van der Waals surface area contributed by atoms with E-state index in [1.165, 1.54) is 19.0 Å². The zero-order chi connectivity index (χ0) is 21.1. The Hall–Kier alpha value is -2.31. The van der Waals surface area contributed by atoms with Crippen molar-refractivity contribution in [2.24, 2.45) is 23.0 Å². The summed E-state index contributed by atoms with van der Waals surface area (Å²) in [6.45, 7) is 0. The van der Waals surface area contributed by atoms with E-state index in [2.05, 4.69) is 9.97 Å². The van der Waals surface area contributed by atoms with E-state index in [-0.39, 0.29) is 41.2 Å². The van der Waals surface area contributed by atoms with Crippen LogP contribution in [0, 0.1) is 17.3 Å². The van der Waals surface area contributed by atoms with Crippen molar-refractivity contribution < 1.29 is 13.6 Å². The van der Waals surface area contributed by atoms with Crippen molar-refractivity contribution in [3.8, 4) is 0 Å². The van der Waals surface area contributed by atoms with Gasteiger partial charge < -0.3 is 10.7 Å². The SMILES string of the molecule is NC(=O)c1nccc2[nH]c(C3CC4(CCC3C3CCC(F)(F)CC3)CC4)cc(=O)c12. The lowest BCUT2D eigenvalue weighted by atomic mass is 9.63. The molecule has 30 heavy (non-hydrogen) atoms. The molecular weight excluding hydrogens is 388 g/mol. The van der Waals surface area contributed by atoms with Crippen molar-refractivity contribution in [1.29, 1.82) is 0 Å². The number of nitrogens with one attached hydrogen (secondary N) is 1. The molecule has 2 atom stereocenters. The van der Waals surface area contributed by atoms with Crippen molar-refractivity contribution in [3.05, 3.63) is 39.9 Å². The van der Waals surface area contributed by atoms with Crippen LogP contribution < -0.4 is 11.2 Å². The Kier molecular flexibility index (Phi) is 4.49. The molecule has 0 radical (unpaired) electrons. The van der Waals surface area contributed by atoms with E-state index in [0.29, 0.717) is 29.7 Å². The summed E-state index contributed by atoms with van der Waals surface area (Å²) in [7, 11) is 0. The van der Waals surface area contributed by atoms with Crippen molar-refractivity contribution in [3.63, 3.8) is 0 Å².